The Labute approximate surface area is 166 Å². The molecule has 2 saturated heterocycles. The van der Waals surface area contributed by atoms with Crippen molar-refractivity contribution in [2.75, 3.05) is 26.4 Å². The van der Waals surface area contributed by atoms with Crippen molar-refractivity contribution in [3.63, 3.8) is 0 Å². The summed E-state index contributed by atoms with van der Waals surface area (Å²) in [6.07, 6.45) is 4.99. The van der Waals surface area contributed by atoms with Crippen molar-refractivity contribution in [2.45, 2.75) is 50.2 Å². The normalized spacial score (nSPS) is 27.4. The zero-order chi connectivity index (χ0) is 19.5. The molecule has 28 heavy (non-hydrogen) atoms. The van der Waals surface area contributed by atoms with Crippen LogP contribution >= 0.6 is 0 Å². The van der Waals surface area contributed by atoms with Gasteiger partial charge in [0.15, 0.2) is 0 Å². The summed E-state index contributed by atoms with van der Waals surface area (Å²) in [6, 6.07) is 11.9. The van der Waals surface area contributed by atoms with Crippen LogP contribution in [-0.4, -0.2) is 37.0 Å². The molecule has 4 rings (SSSR count). The average molecular weight is 384 g/mol. The molecule has 1 spiro atoms. The van der Waals surface area contributed by atoms with Crippen molar-refractivity contribution in [3.8, 4) is 0 Å². The largest absolute Gasteiger partial charge is 0.378 e. The van der Waals surface area contributed by atoms with Crippen molar-refractivity contribution in [3.05, 3.63) is 65.2 Å². The molecular formula is C23H29FN2O2. The first-order valence-corrected chi connectivity index (χ1v) is 10.2. The number of pyridine rings is 1. The van der Waals surface area contributed by atoms with E-state index in [2.05, 4.69) is 41.5 Å². The van der Waals surface area contributed by atoms with E-state index in [1.54, 1.807) is 0 Å². The molecule has 2 aliphatic rings. The molecule has 2 fully saturated rings. The van der Waals surface area contributed by atoms with Gasteiger partial charge in [0, 0.05) is 37.3 Å². The van der Waals surface area contributed by atoms with E-state index in [1.807, 2.05) is 6.07 Å². The summed E-state index contributed by atoms with van der Waals surface area (Å²) in [7, 11) is 0. The molecule has 2 atom stereocenters. The number of ether oxygens (including phenoxy) is 2. The predicted octanol–water partition coefficient (Wildman–Crippen LogP) is 3.92. The Morgan fingerprint density at radius 3 is 2.86 bits per heavy atom. The molecule has 2 aromatic rings. The van der Waals surface area contributed by atoms with Crippen LogP contribution in [0.3, 0.4) is 0 Å². The quantitative estimate of drug-likeness (QED) is 0.767. The van der Waals surface area contributed by atoms with Gasteiger partial charge in [0.25, 0.3) is 0 Å². The minimum Gasteiger partial charge on any atom is -0.378 e. The number of rotatable bonds is 6. The van der Waals surface area contributed by atoms with Crippen LogP contribution in [0.1, 0.15) is 42.5 Å². The number of hydrogen-bond acceptors (Lipinski definition) is 4. The highest BCUT2D eigenvalue weighted by atomic mass is 19.1. The zero-order valence-corrected chi connectivity index (χ0v) is 16.5. The summed E-state index contributed by atoms with van der Waals surface area (Å²) < 4.78 is 25.3. The van der Waals surface area contributed by atoms with Gasteiger partial charge >= 0.3 is 0 Å². The van der Waals surface area contributed by atoms with E-state index < -0.39 is 0 Å². The van der Waals surface area contributed by atoms with Gasteiger partial charge in [-0.15, -0.1) is 0 Å². The molecule has 0 amide bonds. The molecule has 0 bridgehead atoms. The highest BCUT2D eigenvalue weighted by Gasteiger charge is 2.49. The Hall–Kier alpha value is -1.82. The van der Waals surface area contributed by atoms with Gasteiger partial charge in [-0.25, -0.2) is 4.39 Å². The SMILES string of the molecule is Cc1cccc(CNCCC2(c3ccc(F)cn3)CCOC3(CCOC3)C2)c1. The van der Waals surface area contributed by atoms with Crippen LogP contribution in [0.25, 0.3) is 0 Å². The maximum atomic E-state index is 13.5. The lowest BCUT2D eigenvalue weighted by molar-refractivity contribution is -0.109. The van der Waals surface area contributed by atoms with Crippen molar-refractivity contribution in [1.82, 2.24) is 10.3 Å². The first-order chi connectivity index (χ1) is 13.6. The Bertz CT molecular complexity index is 789. The van der Waals surface area contributed by atoms with Crippen LogP contribution in [0, 0.1) is 12.7 Å². The van der Waals surface area contributed by atoms with E-state index in [1.165, 1.54) is 23.4 Å². The van der Waals surface area contributed by atoms with Gasteiger partial charge in [-0.3, -0.25) is 4.98 Å². The minimum atomic E-state index is -0.289. The van der Waals surface area contributed by atoms with Crippen molar-refractivity contribution in [2.24, 2.45) is 0 Å². The molecule has 4 nitrogen and oxygen atoms in total. The molecular weight excluding hydrogens is 355 g/mol. The maximum Gasteiger partial charge on any atom is 0.141 e. The Morgan fingerprint density at radius 2 is 2.11 bits per heavy atom. The maximum absolute atomic E-state index is 13.5. The number of nitrogens with zero attached hydrogens (tertiary/aromatic N) is 1. The molecule has 1 aromatic carbocycles. The van der Waals surface area contributed by atoms with Gasteiger partial charge in [0.1, 0.15) is 5.82 Å². The van der Waals surface area contributed by atoms with E-state index in [0.29, 0.717) is 13.2 Å². The number of hydrogen-bond donors (Lipinski definition) is 1. The standard InChI is InChI=1S/C23H29FN2O2/c1-18-3-2-4-19(13-18)14-25-10-7-22(21-6-5-20(24)15-26-21)8-12-28-23(16-22)9-11-27-17-23/h2-6,13,15,25H,7-12,14,16-17H2,1H3. The van der Waals surface area contributed by atoms with Crippen molar-refractivity contribution in [1.29, 1.82) is 0 Å². The number of benzene rings is 1. The van der Waals surface area contributed by atoms with Crippen LogP contribution < -0.4 is 5.32 Å². The molecule has 5 heteroatoms. The van der Waals surface area contributed by atoms with Gasteiger partial charge in [0.05, 0.1) is 18.4 Å². The third-order valence-corrected chi connectivity index (χ3v) is 6.18. The van der Waals surface area contributed by atoms with Crippen LogP contribution in [-0.2, 0) is 21.4 Å². The second-order valence-electron chi connectivity index (χ2n) is 8.32. The summed E-state index contributed by atoms with van der Waals surface area (Å²) in [5, 5.41) is 3.59. The summed E-state index contributed by atoms with van der Waals surface area (Å²) in [5.41, 5.74) is 3.21. The highest BCUT2D eigenvalue weighted by Crippen LogP contribution is 2.46. The third kappa shape index (κ3) is 4.27. The smallest absolute Gasteiger partial charge is 0.141 e. The van der Waals surface area contributed by atoms with Gasteiger partial charge < -0.3 is 14.8 Å². The second kappa shape index (κ2) is 8.27. The van der Waals surface area contributed by atoms with Crippen LogP contribution in [0.4, 0.5) is 4.39 Å². The molecule has 2 aliphatic heterocycles. The average Bonchev–Trinajstić information content (AvgIpc) is 3.13. The van der Waals surface area contributed by atoms with Crippen LogP contribution in [0.15, 0.2) is 42.6 Å². The van der Waals surface area contributed by atoms with Gasteiger partial charge in [-0.05, 0) is 50.4 Å². The molecule has 0 aliphatic carbocycles. The highest BCUT2D eigenvalue weighted by molar-refractivity contribution is 5.23. The van der Waals surface area contributed by atoms with E-state index in [-0.39, 0.29) is 16.8 Å². The van der Waals surface area contributed by atoms with E-state index >= 15 is 0 Å². The van der Waals surface area contributed by atoms with Crippen LogP contribution in [0.5, 0.6) is 0 Å². The molecule has 0 radical (unpaired) electrons. The number of nitrogens with one attached hydrogen (secondary N) is 1. The summed E-state index contributed by atoms with van der Waals surface area (Å²) in [6.45, 7) is 5.93. The predicted molar refractivity (Wildman–Crippen MR) is 107 cm³/mol. The Kier molecular flexibility index (Phi) is 5.76. The molecule has 1 N–H and O–H groups in total. The van der Waals surface area contributed by atoms with Crippen LogP contribution in [0.2, 0.25) is 0 Å². The molecule has 3 heterocycles. The minimum absolute atomic E-state index is 0.112. The monoisotopic (exact) mass is 384 g/mol. The van der Waals surface area contributed by atoms with Crippen molar-refractivity contribution < 1.29 is 13.9 Å². The summed E-state index contributed by atoms with van der Waals surface area (Å²) >= 11 is 0. The van der Waals surface area contributed by atoms with Gasteiger partial charge in [-0.2, -0.15) is 0 Å². The zero-order valence-electron chi connectivity index (χ0n) is 16.5. The number of halogens is 1. The topological polar surface area (TPSA) is 43.4 Å². The lowest BCUT2D eigenvalue weighted by Crippen LogP contribution is -2.49. The first-order valence-electron chi connectivity index (χ1n) is 10.2. The molecule has 1 aromatic heterocycles. The fraction of sp³-hybridized carbons (Fsp3) is 0.522. The molecule has 0 saturated carbocycles. The van der Waals surface area contributed by atoms with Gasteiger partial charge in [-0.1, -0.05) is 29.8 Å². The first kappa shape index (κ1) is 19.5. The Morgan fingerprint density at radius 1 is 1.18 bits per heavy atom. The van der Waals surface area contributed by atoms with Crippen molar-refractivity contribution >= 4 is 0 Å². The number of aromatic nitrogens is 1. The summed E-state index contributed by atoms with van der Waals surface area (Å²) in [5.74, 6) is -0.289. The van der Waals surface area contributed by atoms with Gasteiger partial charge in [0.2, 0.25) is 0 Å². The fourth-order valence-electron chi connectivity index (χ4n) is 4.69. The Balaban J connectivity index is 1.47. The third-order valence-electron chi connectivity index (χ3n) is 6.18. The molecule has 2 unspecified atom stereocenters. The lowest BCUT2D eigenvalue weighted by Gasteiger charge is -2.45. The lowest BCUT2D eigenvalue weighted by atomic mass is 9.68. The van der Waals surface area contributed by atoms with E-state index in [4.69, 9.17) is 9.47 Å². The van der Waals surface area contributed by atoms with E-state index in [0.717, 1.165) is 51.1 Å². The fourth-order valence-corrected chi connectivity index (χ4v) is 4.69. The van der Waals surface area contributed by atoms with E-state index in [9.17, 15) is 4.39 Å². The second-order valence-corrected chi connectivity index (χ2v) is 8.32. The molecule has 150 valence electrons. The number of aryl methyl sites for hydroxylation is 1. The summed E-state index contributed by atoms with van der Waals surface area (Å²) in [4.78, 5) is 4.48.